The SMILES string of the molecule is CN1CCCCN(C(=O)c2ccccc2Cl)[C@H](Cc2ccccc2)COc2ccccc2C1=O. The summed E-state index contributed by atoms with van der Waals surface area (Å²) >= 11 is 6.40. The standard InChI is InChI=1S/C28H29ClN2O3/c1-30-17-9-10-18-31(28(33)23-13-5-7-15-25(23)29)22(19-21-11-3-2-4-12-21)20-34-26-16-8-6-14-24(26)27(30)32/h2-8,11-16,22H,9-10,17-20H2,1H3/t22-/m1/s1. The fourth-order valence-electron chi connectivity index (χ4n) is 4.28. The van der Waals surface area contributed by atoms with Gasteiger partial charge in [0.25, 0.3) is 11.8 Å². The molecule has 0 aliphatic carbocycles. The third kappa shape index (κ3) is 5.60. The Morgan fingerprint density at radius 2 is 1.62 bits per heavy atom. The number of fused-ring (bicyclic) bond motifs is 1. The van der Waals surface area contributed by atoms with Crippen molar-refractivity contribution in [3.63, 3.8) is 0 Å². The molecule has 1 heterocycles. The number of ether oxygens (including phenoxy) is 1. The molecule has 4 rings (SSSR count). The molecule has 1 atom stereocenters. The Morgan fingerprint density at radius 3 is 2.41 bits per heavy atom. The van der Waals surface area contributed by atoms with Crippen LogP contribution < -0.4 is 4.74 Å². The second-order valence-corrected chi connectivity index (χ2v) is 8.97. The van der Waals surface area contributed by atoms with Crippen LogP contribution in [0.15, 0.2) is 78.9 Å². The summed E-state index contributed by atoms with van der Waals surface area (Å²) < 4.78 is 6.24. The molecule has 0 N–H and O–H groups in total. The highest BCUT2D eigenvalue weighted by Crippen LogP contribution is 2.24. The highest BCUT2D eigenvalue weighted by Gasteiger charge is 2.28. The number of para-hydroxylation sites is 1. The summed E-state index contributed by atoms with van der Waals surface area (Å²) in [5.41, 5.74) is 2.14. The Hall–Kier alpha value is -3.31. The normalized spacial score (nSPS) is 17.2. The third-order valence-electron chi connectivity index (χ3n) is 6.16. The molecule has 0 bridgehead atoms. The van der Waals surface area contributed by atoms with E-state index in [2.05, 4.69) is 12.1 Å². The van der Waals surface area contributed by atoms with Crippen LogP contribution in [-0.4, -0.2) is 54.4 Å². The number of hydrogen-bond acceptors (Lipinski definition) is 3. The van der Waals surface area contributed by atoms with Gasteiger partial charge in [0.2, 0.25) is 0 Å². The van der Waals surface area contributed by atoms with Crippen LogP contribution in [0.25, 0.3) is 0 Å². The van der Waals surface area contributed by atoms with E-state index in [0.29, 0.717) is 41.4 Å². The molecule has 0 fully saturated rings. The van der Waals surface area contributed by atoms with Crippen molar-refractivity contribution in [2.24, 2.45) is 0 Å². The highest BCUT2D eigenvalue weighted by atomic mass is 35.5. The number of carbonyl (C=O) groups excluding carboxylic acids is 2. The monoisotopic (exact) mass is 476 g/mol. The van der Waals surface area contributed by atoms with Crippen LogP contribution >= 0.6 is 11.6 Å². The van der Waals surface area contributed by atoms with Crippen LogP contribution in [0.4, 0.5) is 0 Å². The Balaban J connectivity index is 1.70. The lowest BCUT2D eigenvalue weighted by Gasteiger charge is -2.33. The maximum Gasteiger partial charge on any atom is 0.257 e. The molecule has 176 valence electrons. The van der Waals surface area contributed by atoms with Crippen LogP contribution in [0.3, 0.4) is 0 Å². The summed E-state index contributed by atoms with van der Waals surface area (Å²) in [6, 6.07) is 24.3. The van der Waals surface area contributed by atoms with E-state index in [1.54, 1.807) is 30.1 Å². The summed E-state index contributed by atoms with van der Waals surface area (Å²) in [5.74, 6) is 0.368. The summed E-state index contributed by atoms with van der Waals surface area (Å²) in [4.78, 5) is 30.3. The zero-order valence-electron chi connectivity index (χ0n) is 19.3. The Bertz CT molecular complexity index is 1140. The molecule has 34 heavy (non-hydrogen) atoms. The van der Waals surface area contributed by atoms with Crippen molar-refractivity contribution in [2.75, 3.05) is 26.7 Å². The Kier molecular flexibility index (Phi) is 7.86. The zero-order valence-corrected chi connectivity index (χ0v) is 20.1. The molecule has 3 aromatic carbocycles. The van der Waals surface area contributed by atoms with Gasteiger partial charge in [0, 0.05) is 20.1 Å². The van der Waals surface area contributed by atoms with Crippen LogP contribution in [0.1, 0.15) is 39.1 Å². The van der Waals surface area contributed by atoms with Crippen LogP contribution in [0.5, 0.6) is 5.75 Å². The zero-order chi connectivity index (χ0) is 23.9. The fraction of sp³-hybridized carbons (Fsp3) is 0.286. The van der Waals surface area contributed by atoms with E-state index in [9.17, 15) is 9.59 Å². The second-order valence-electron chi connectivity index (χ2n) is 8.56. The first-order chi connectivity index (χ1) is 16.5. The molecule has 2 amide bonds. The Morgan fingerprint density at radius 1 is 0.941 bits per heavy atom. The lowest BCUT2D eigenvalue weighted by atomic mass is 10.0. The first-order valence-corrected chi connectivity index (χ1v) is 12.0. The molecule has 1 aliphatic heterocycles. The number of amides is 2. The van der Waals surface area contributed by atoms with E-state index in [1.165, 1.54) is 0 Å². The largest absolute Gasteiger partial charge is 0.491 e. The topological polar surface area (TPSA) is 49.9 Å². The van der Waals surface area contributed by atoms with Crippen molar-refractivity contribution in [3.8, 4) is 5.75 Å². The van der Waals surface area contributed by atoms with Crippen molar-refractivity contribution in [1.29, 1.82) is 0 Å². The van der Waals surface area contributed by atoms with E-state index in [-0.39, 0.29) is 24.5 Å². The predicted molar refractivity (Wildman–Crippen MR) is 135 cm³/mol. The number of nitrogens with zero attached hydrogens (tertiary/aromatic N) is 2. The van der Waals surface area contributed by atoms with Gasteiger partial charge in [-0.2, -0.15) is 0 Å². The van der Waals surface area contributed by atoms with Gasteiger partial charge in [0.05, 0.1) is 22.2 Å². The third-order valence-corrected chi connectivity index (χ3v) is 6.49. The van der Waals surface area contributed by atoms with Gasteiger partial charge in [-0.1, -0.05) is 66.2 Å². The van der Waals surface area contributed by atoms with Crippen molar-refractivity contribution < 1.29 is 14.3 Å². The van der Waals surface area contributed by atoms with E-state index in [0.717, 1.165) is 18.4 Å². The van der Waals surface area contributed by atoms with Gasteiger partial charge in [-0.15, -0.1) is 0 Å². The van der Waals surface area contributed by atoms with Crippen molar-refractivity contribution >= 4 is 23.4 Å². The Labute approximate surface area is 205 Å². The fourth-order valence-corrected chi connectivity index (χ4v) is 4.49. The summed E-state index contributed by atoms with van der Waals surface area (Å²) in [7, 11) is 1.80. The quantitative estimate of drug-likeness (QED) is 0.512. The first kappa shape index (κ1) is 23.8. The number of halogens is 1. The smallest absolute Gasteiger partial charge is 0.257 e. The lowest BCUT2D eigenvalue weighted by Crippen LogP contribution is -2.46. The first-order valence-electron chi connectivity index (χ1n) is 11.6. The molecule has 0 aromatic heterocycles. The lowest BCUT2D eigenvalue weighted by molar-refractivity contribution is 0.0590. The molecule has 0 radical (unpaired) electrons. The molecular weight excluding hydrogens is 448 g/mol. The highest BCUT2D eigenvalue weighted by molar-refractivity contribution is 6.33. The number of benzene rings is 3. The van der Waals surface area contributed by atoms with Crippen molar-refractivity contribution in [1.82, 2.24) is 9.80 Å². The molecule has 3 aromatic rings. The summed E-state index contributed by atoms with van der Waals surface area (Å²) in [5, 5.41) is 0.439. The van der Waals surface area contributed by atoms with Crippen LogP contribution in [0.2, 0.25) is 5.02 Å². The number of carbonyl (C=O) groups is 2. The molecular formula is C28H29ClN2O3. The maximum atomic E-state index is 13.7. The second kappa shape index (κ2) is 11.2. The van der Waals surface area contributed by atoms with Crippen molar-refractivity contribution in [3.05, 3.63) is 101 Å². The predicted octanol–water partition coefficient (Wildman–Crippen LogP) is 5.34. The number of hydrogen-bond donors (Lipinski definition) is 0. The summed E-state index contributed by atoms with van der Waals surface area (Å²) in [6.45, 7) is 1.42. The molecule has 0 spiro atoms. The van der Waals surface area contributed by atoms with Gasteiger partial charge in [-0.05, 0) is 49.1 Å². The van der Waals surface area contributed by atoms with Gasteiger partial charge in [-0.25, -0.2) is 0 Å². The molecule has 0 unspecified atom stereocenters. The molecule has 0 saturated carbocycles. The van der Waals surface area contributed by atoms with Gasteiger partial charge in [0.15, 0.2) is 0 Å². The van der Waals surface area contributed by atoms with Gasteiger partial charge in [-0.3, -0.25) is 9.59 Å². The van der Waals surface area contributed by atoms with E-state index in [1.807, 2.05) is 53.4 Å². The van der Waals surface area contributed by atoms with Crippen LogP contribution in [0, 0.1) is 0 Å². The van der Waals surface area contributed by atoms with E-state index < -0.39 is 0 Å². The van der Waals surface area contributed by atoms with Gasteiger partial charge >= 0.3 is 0 Å². The minimum absolute atomic E-state index is 0.0558. The molecule has 1 aliphatic rings. The van der Waals surface area contributed by atoms with Gasteiger partial charge in [0.1, 0.15) is 12.4 Å². The average molecular weight is 477 g/mol. The molecule has 0 saturated heterocycles. The molecule has 5 nitrogen and oxygen atoms in total. The summed E-state index contributed by atoms with van der Waals surface area (Å²) in [6.07, 6.45) is 2.18. The van der Waals surface area contributed by atoms with Crippen LogP contribution in [-0.2, 0) is 6.42 Å². The molecule has 6 heteroatoms. The van der Waals surface area contributed by atoms with E-state index >= 15 is 0 Å². The average Bonchev–Trinajstić information content (AvgIpc) is 2.86. The number of rotatable bonds is 3. The minimum atomic E-state index is -0.230. The van der Waals surface area contributed by atoms with Gasteiger partial charge < -0.3 is 14.5 Å². The maximum absolute atomic E-state index is 13.7. The minimum Gasteiger partial charge on any atom is -0.491 e. The van der Waals surface area contributed by atoms with E-state index in [4.69, 9.17) is 16.3 Å². The van der Waals surface area contributed by atoms with Crippen molar-refractivity contribution in [2.45, 2.75) is 25.3 Å².